The maximum atomic E-state index is 5.80. The summed E-state index contributed by atoms with van der Waals surface area (Å²) in [6, 6.07) is 8.45. The molecule has 1 aromatic rings. The van der Waals surface area contributed by atoms with Gasteiger partial charge in [-0.25, -0.2) is 0 Å². The average Bonchev–Trinajstić information content (AvgIpc) is 2.13. The van der Waals surface area contributed by atoms with Gasteiger partial charge in [0.1, 0.15) is 5.75 Å². The van der Waals surface area contributed by atoms with E-state index in [1.165, 1.54) is 24.8 Å². The largest absolute Gasteiger partial charge is 0.490 e. The SMILES string of the molecule is CN(C)Cc1ccc(OC2CCC2)cc1. The predicted molar refractivity (Wildman–Crippen MR) is 62.1 cm³/mol. The van der Waals surface area contributed by atoms with E-state index in [9.17, 15) is 0 Å². The van der Waals surface area contributed by atoms with Gasteiger partial charge in [0.25, 0.3) is 0 Å². The van der Waals surface area contributed by atoms with Crippen LogP contribution in [0.1, 0.15) is 24.8 Å². The van der Waals surface area contributed by atoms with E-state index in [0.29, 0.717) is 6.10 Å². The van der Waals surface area contributed by atoms with Gasteiger partial charge in [-0.2, -0.15) is 0 Å². The summed E-state index contributed by atoms with van der Waals surface area (Å²) in [6.45, 7) is 0.990. The highest BCUT2D eigenvalue weighted by molar-refractivity contribution is 5.27. The summed E-state index contributed by atoms with van der Waals surface area (Å²) in [4.78, 5) is 2.17. The summed E-state index contributed by atoms with van der Waals surface area (Å²) in [5.41, 5.74) is 1.33. The van der Waals surface area contributed by atoms with Crippen molar-refractivity contribution in [2.75, 3.05) is 14.1 Å². The first-order valence-electron chi connectivity index (χ1n) is 5.64. The van der Waals surface area contributed by atoms with Gasteiger partial charge in [-0.05, 0) is 51.1 Å². The Balaban J connectivity index is 1.91. The Bertz CT molecular complexity index is 301. The second kappa shape index (κ2) is 4.67. The second-order valence-corrected chi connectivity index (χ2v) is 4.55. The fraction of sp³-hybridized carbons (Fsp3) is 0.538. The number of hydrogen-bond acceptors (Lipinski definition) is 2. The van der Waals surface area contributed by atoms with Crippen LogP contribution in [0.3, 0.4) is 0 Å². The highest BCUT2D eigenvalue weighted by atomic mass is 16.5. The van der Waals surface area contributed by atoms with Gasteiger partial charge in [-0.15, -0.1) is 0 Å². The lowest BCUT2D eigenvalue weighted by atomic mass is 9.96. The van der Waals surface area contributed by atoms with Crippen LogP contribution in [0.15, 0.2) is 24.3 Å². The van der Waals surface area contributed by atoms with E-state index >= 15 is 0 Å². The molecule has 0 N–H and O–H groups in total. The van der Waals surface area contributed by atoms with Crippen molar-refractivity contribution in [3.8, 4) is 5.75 Å². The third-order valence-electron chi connectivity index (χ3n) is 2.78. The number of hydrogen-bond donors (Lipinski definition) is 0. The minimum absolute atomic E-state index is 0.477. The van der Waals surface area contributed by atoms with Crippen LogP contribution in [0.25, 0.3) is 0 Å². The van der Waals surface area contributed by atoms with Crippen LogP contribution in [0, 0.1) is 0 Å². The molecular formula is C13H19NO. The van der Waals surface area contributed by atoms with Gasteiger partial charge in [0.05, 0.1) is 6.10 Å². The lowest BCUT2D eigenvalue weighted by Crippen LogP contribution is -2.24. The van der Waals surface area contributed by atoms with Crippen molar-refractivity contribution in [2.24, 2.45) is 0 Å². The molecule has 1 aliphatic carbocycles. The predicted octanol–water partition coefficient (Wildman–Crippen LogP) is 2.68. The molecule has 0 spiro atoms. The lowest BCUT2D eigenvalue weighted by Gasteiger charge is -2.26. The first-order valence-corrected chi connectivity index (χ1v) is 5.64. The van der Waals surface area contributed by atoms with Crippen LogP contribution in [-0.2, 0) is 6.54 Å². The number of ether oxygens (including phenoxy) is 1. The summed E-state index contributed by atoms with van der Waals surface area (Å²) < 4.78 is 5.80. The quantitative estimate of drug-likeness (QED) is 0.749. The van der Waals surface area contributed by atoms with E-state index in [4.69, 9.17) is 4.74 Å². The Labute approximate surface area is 91.9 Å². The van der Waals surface area contributed by atoms with Crippen molar-refractivity contribution in [3.05, 3.63) is 29.8 Å². The fourth-order valence-electron chi connectivity index (χ4n) is 1.72. The molecule has 1 aliphatic rings. The highest BCUT2D eigenvalue weighted by Gasteiger charge is 2.18. The van der Waals surface area contributed by atoms with Crippen LogP contribution in [0.4, 0.5) is 0 Å². The van der Waals surface area contributed by atoms with Gasteiger partial charge >= 0.3 is 0 Å². The summed E-state index contributed by atoms with van der Waals surface area (Å²) in [5, 5.41) is 0. The van der Waals surface area contributed by atoms with Gasteiger partial charge in [0.2, 0.25) is 0 Å². The summed E-state index contributed by atoms with van der Waals surface area (Å²) >= 11 is 0. The zero-order valence-electron chi connectivity index (χ0n) is 9.57. The van der Waals surface area contributed by atoms with E-state index in [2.05, 4.69) is 43.3 Å². The van der Waals surface area contributed by atoms with Crippen molar-refractivity contribution in [2.45, 2.75) is 31.9 Å². The molecule has 2 rings (SSSR count). The van der Waals surface area contributed by atoms with Crippen molar-refractivity contribution in [3.63, 3.8) is 0 Å². The Hall–Kier alpha value is -1.02. The normalized spacial score (nSPS) is 16.5. The molecule has 0 aromatic heterocycles. The highest BCUT2D eigenvalue weighted by Crippen LogP contribution is 2.25. The third kappa shape index (κ3) is 2.96. The van der Waals surface area contributed by atoms with E-state index < -0.39 is 0 Å². The molecule has 0 amide bonds. The molecule has 0 radical (unpaired) electrons. The Kier molecular flexibility index (Phi) is 3.27. The molecule has 0 bridgehead atoms. The van der Waals surface area contributed by atoms with E-state index in [-0.39, 0.29) is 0 Å². The summed E-state index contributed by atoms with van der Waals surface area (Å²) in [6.07, 6.45) is 4.24. The van der Waals surface area contributed by atoms with Crippen LogP contribution < -0.4 is 4.74 Å². The van der Waals surface area contributed by atoms with Crippen molar-refractivity contribution in [1.82, 2.24) is 4.90 Å². The Morgan fingerprint density at radius 1 is 1.20 bits per heavy atom. The third-order valence-corrected chi connectivity index (χ3v) is 2.78. The minimum atomic E-state index is 0.477. The molecule has 1 fully saturated rings. The summed E-state index contributed by atoms with van der Waals surface area (Å²) in [7, 11) is 4.16. The van der Waals surface area contributed by atoms with Gasteiger partial charge in [-0.3, -0.25) is 0 Å². The first-order chi connectivity index (χ1) is 7.24. The molecule has 15 heavy (non-hydrogen) atoms. The van der Waals surface area contributed by atoms with Crippen LogP contribution in [0.2, 0.25) is 0 Å². The molecular weight excluding hydrogens is 186 g/mol. The van der Waals surface area contributed by atoms with Crippen molar-refractivity contribution < 1.29 is 4.74 Å². The molecule has 0 heterocycles. The molecule has 0 aliphatic heterocycles. The molecule has 0 atom stereocenters. The van der Waals surface area contributed by atoms with E-state index in [1.807, 2.05) is 0 Å². The number of nitrogens with zero attached hydrogens (tertiary/aromatic N) is 1. The smallest absolute Gasteiger partial charge is 0.119 e. The van der Waals surface area contributed by atoms with Gasteiger partial charge in [0, 0.05) is 6.54 Å². The molecule has 1 aromatic carbocycles. The van der Waals surface area contributed by atoms with E-state index in [0.717, 1.165) is 12.3 Å². The second-order valence-electron chi connectivity index (χ2n) is 4.55. The molecule has 82 valence electrons. The molecule has 2 nitrogen and oxygen atoms in total. The first kappa shape index (κ1) is 10.5. The van der Waals surface area contributed by atoms with E-state index in [1.54, 1.807) is 0 Å². The van der Waals surface area contributed by atoms with Gasteiger partial charge in [-0.1, -0.05) is 12.1 Å². The Morgan fingerprint density at radius 3 is 2.33 bits per heavy atom. The molecule has 2 heteroatoms. The van der Waals surface area contributed by atoms with Crippen LogP contribution >= 0.6 is 0 Å². The minimum Gasteiger partial charge on any atom is -0.490 e. The number of rotatable bonds is 4. The Morgan fingerprint density at radius 2 is 1.87 bits per heavy atom. The van der Waals surface area contributed by atoms with Crippen LogP contribution in [0.5, 0.6) is 5.75 Å². The average molecular weight is 205 g/mol. The lowest BCUT2D eigenvalue weighted by molar-refractivity contribution is 0.120. The monoisotopic (exact) mass is 205 g/mol. The maximum Gasteiger partial charge on any atom is 0.119 e. The van der Waals surface area contributed by atoms with Crippen molar-refractivity contribution >= 4 is 0 Å². The van der Waals surface area contributed by atoms with Crippen molar-refractivity contribution in [1.29, 1.82) is 0 Å². The molecule has 0 unspecified atom stereocenters. The van der Waals surface area contributed by atoms with Crippen LogP contribution in [-0.4, -0.2) is 25.1 Å². The fourth-order valence-corrected chi connectivity index (χ4v) is 1.72. The standard InChI is InChI=1S/C13H19NO/c1-14(2)10-11-6-8-13(9-7-11)15-12-4-3-5-12/h6-9,12H,3-5,10H2,1-2H3. The maximum absolute atomic E-state index is 5.80. The van der Waals surface area contributed by atoms with Gasteiger partial charge in [0.15, 0.2) is 0 Å². The van der Waals surface area contributed by atoms with Gasteiger partial charge < -0.3 is 9.64 Å². The number of benzene rings is 1. The zero-order valence-corrected chi connectivity index (χ0v) is 9.57. The molecule has 1 saturated carbocycles. The summed E-state index contributed by atoms with van der Waals surface area (Å²) in [5.74, 6) is 1.02. The molecule has 0 saturated heterocycles. The zero-order chi connectivity index (χ0) is 10.7. The topological polar surface area (TPSA) is 12.5 Å².